The van der Waals surface area contributed by atoms with E-state index in [2.05, 4.69) is 10.0 Å². The highest BCUT2D eigenvalue weighted by Crippen LogP contribution is 2.21. The number of carbonyl (C=O) groups excluding carboxylic acids is 1. The van der Waals surface area contributed by atoms with Crippen LogP contribution in [-0.2, 0) is 10.0 Å². The lowest BCUT2D eigenvalue weighted by Crippen LogP contribution is -2.40. The van der Waals surface area contributed by atoms with Crippen molar-refractivity contribution < 1.29 is 17.6 Å². The molecule has 2 N–H and O–H groups in total. The third-order valence-electron chi connectivity index (χ3n) is 3.36. The van der Waals surface area contributed by atoms with Crippen LogP contribution in [0, 0.1) is 13.8 Å². The monoisotopic (exact) mass is 350 g/mol. The molecule has 6 nitrogen and oxygen atoms in total. The molecule has 0 saturated heterocycles. The van der Waals surface area contributed by atoms with E-state index in [1.807, 2.05) is 26.0 Å². The van der Waals surface area contributed by atoms with E-state index in [0.29, 0.717) is 5.69 Å². The SMILES string of the molecule is Cc1cccc(NC(=O)c2ccc(S(=O)(=O)NC(C)(C)C)o2)c1C. The van der Waals surface area contributed by atoms with Crippen molar-refractivity contribution in [2.45, 2.75) is 45.2 Å². The van der Waals surface area contributed by atoms with Gasteiger partial charge in [-0.1, -0.05) is 12.1 Å². The van der Waals surface area contributed by atoms with E-state index in [9.17, 15) is 13.2 Å². The summed E-state index contributed by atoms with van der Waals surface area (Å²) in [7, 11) is -3.82. The van der Waals surface area contributed by atoms with Gasteiger partial charge in [0.15, 0.2) is 5.76 Å². The number of aryl methyl sites for hydroxylation is 1. The molecule has 7 heteroatoms. The van der Waals surface area contributed by atoms with Gasteiger partial charge in [0.25, 0.3) is 15.9 Å². The van der Waals surface area contributed by atoms with Crippen LogP contribution in [0.5, 0.6) is 0 Å². The van der Waals surface area contributed by atoms with E-state index >= 15 is 0 Å². The van der Waals surface area contributed by atoms with Crippen molar-refractivity contribution in [2.24, 2.45) is 0 Å². The fourth-order valence-corrected chi connectivity index (χ4v) is 3.46. The zero-order valence-corrected chi connectivity index (χ0v) is 15.2. The van der Waals surface area contributed by atoms with E-state index in [1.54, 1.807) is 26.8 Å². The Morgan fingerprint density at radius 1 is 1.08 bits per heavy atom. The summed E-state index contributed by atoms with van der Waals surface area (Å²) in [6.45, 7) is 9.02. The maximum atomic E-state index is 12.3. The summed E-state index contributed by atoms with van der Waals surface area (Å²) < 4.78 is 32.1. The summed E-state index contributed by atoms with van der Waals surface area (Å²) in [5.74, 6) is -0.564. The zero-order valence-electron chi connectivity index (χ0n) is 14.4. The maximum Gasteiger partial charge on any atom is 0.291 e. The summed E-state index contributed by atoms with van der Waals surface area (Å²) in [6, 6.07) is 8.18. The van der Waals surface area contributed by atoms with Crippen LogP contribution in [0.1, 0.15) is 42.5 Å². The van der Waals surface area contributed by atoms with Crippen LogP contribution < -0.4 is 10.0 Å². The molecule has 0 bridgehead atoms. The van der Waals surface area contributed by atoms with E-state index < -0.39 is 21.5 Å². The minimum Gasteiger partial charge on any atom is -0.438 e. The number of benzene rings is 1. The Labute approximate surface area is 142 Å². The largest absolute Gasteiger partial charge is 0.438 e. The molecule has 1 aromatic heterocycles. The third kappa shape index (κ3) is 4.24. The Kier molecular flexibility index (Phi) is 4.87. The standard InChI is InChI=1S/C17H22N2O4S/c1-11-7-6-8-13(12(11)2)18-16(20)14-9-10-15(23-14)24(21,22)19-17(3,4)5/h6-10,19H,1-5H3,(H,18,20). The molecule has 0 aliphatic carbocycles. The first kappa shape index (κ1) is 18.2. The van der Waals surface area contributed by atoms with Crippen LogP contribution in [0.25, 0.3) is 0 Å². The van der Waals surface area contributed by atoms with E-state index in [1.165, 1.54) is 12.1 Å². The number of furan rings is 1. The predicted molar refractivity (Wildman–Crippen MR) is 92.7 cm³/mol. The van der Waals surface area contributed by atoms with Crippen molar-refractivity contribution in [2.75, 3.05) is 5.32 Å². The van der Waals surface area contributed by atoms with Crippen molar-refractivity contribution in [3.8, 4) is 0 Å². The van der Waals surface area contributed by atoms with Crippen LogP contribution >= 0.6 is 0 Å². The summed E-state index contributed by atoms with van der Waals surface area (Å²) in [6.07, 6.45) is 0. The molecular formula is C17H22N2O4S. The zero-order chi connectivity index (χ0) is 18.1. The van der Waals surface area contributed by atoms with Gasteiger partial charge < -0.3 is 9.73 Å². The van der Waals surface area contributed by atoms with Gasteiger partial charge in [-0.15, -0.1) is 0 Å². The second-order valence-electron chi connectivity index (χ2n) is 6.68. The first-order valence-electron chi connectivity index (χ1n) is 7.51. The Morgan fingerprint density at radius 3 is 2.38 bits per heavy atom. The van der Waals surface area contributed by atoms with Gasteiger partial charge in [0.05, 0.1) is 0 Å². The van der Waals surface area contributed by atoms with Gasteiger partial charge >= 0.3 is 0 Å². The highest BCUT2D eigenvalue weighted by molar-refractivity contribution is 7.89. The Morgan fingerprint density at radius 2 is 1.75 bits per heavy atom. The number of hydrogen-bond donors (Lipinski definition) is 2. The van der Waals surface area contributed by atoms with Crippen LogP contribution in [0.2, 0.25) is 0 Å². The number of carbonyl (C=O) groups is 1. The van der Waals surface area contributed by atoms with Gasteiger partial charge in [0, 0.05) is 11.2 Å². The molecule has 0 unspecified atom stereocenters. The maximum absolute atomic E-state index is 12.3. The highest BCUT2D eigenvalue weighted by atomic mass is 32.2. The smallest absolute Gasteiger partial charge is 0.291 e. The van der Waals surface area contributed by atoms with Crippen LogP contribution in [0.15, 0.2) is 39.8 Å². The average Bonchev–Trinajstić information content (AvgIpc) is 2.92. The van der Waals surface area contributed by atoms with Crippen LogP contribution in [-0.4, -0.2) is 19.9 Å². The van der Waals surface area contributed by atoms with E-state index in [0.717, 1.165) is 11.1 Å². The number of rotatable bonds is 4. The Hall–Kier alpha value is -2.12. The number of amides is 1. The minimum atomic E-state index is -3.82. The lowest BCUT2D eigenvalue weighted by atomic mass is 10.1. The average molecular weight is 350 g/mol. The lowest BCUT2D eigenvalue weighted by Gasteiger charge is -2.18. The van der Waals surface area contributed by atoms with Gasteiger partial charge in [-0.25, -0.2) is 13.1 Å². The molecule has 0 radical (unpaired) electrons. The molecule has 2 aromatic rings. The predicted octanol–water partition coefficient (Wildman–Crippen LogP) is 3.23. The van der Waals surface area contributed by atoms with Gasteiger partial charge in [-0.3, -0.25) is 4.79 Å². The fourth-order valence-electron chi connectivity index (χ4n) is 2.11. The highest BCUT2D eigenvalue weighted by Gasteiger charge is 2.26. The van der Waals surface area contributed by atoms with Crippen LogP contribution in [0.3, 0.4) is 0 Å². The van der Waals surface area contributed by atoms with Crippen molar-refractivity contribution >= 4 is 21.6 Å². The summed E-state index contributed by atoms with van der Waals surface area (Å²) in [5.41, 5.74) is 2.00. The number of hydrogen-bond acceptors (Lipinski definition) is 4. The van der Waals surface area contributed by atoms with Crippen molar-refractivity contribution in [3.05, 3.63) is 47.2 Å². The van der Waals surface area contributed by atoms with Crippen LogP contribution in [0.4, 0.5) is 5.69 Å². The molecular weight excluding hydrogens is 328 g/mol. The quantitative estimate of drug-likeness (QED) is 0.886. The second kappa shape index (κ2) is 6.41. The Bertz CT molecular complexity index is 861. The number of anilines is 1. The normalized spacial score (nSPS) is 12.2. The molecule has 24 heavy (non-hydrogen) atoms. The molecule has 0 fully saturated rings. The molecule has 130 valence electrons. The summed E-state index contributed by atoms with van der Waals surface area (Å²) in [5, 5.41) is 2.44. The molecule has 1 amide bonds. The van der Waals surface area contributed by atoms with Gasteiger partial charge in [-0.05, 0) is 63.9 Å². The summed E-state index contributed by atoms with van der Waals surface area (Å²) >= 11 is 0. The first-order chi connectivity index (χ1) is 11.0. The molecule has 0 aliphatic heterocycles. The second-order valence-corrected chi connectivity index (χ2v) is 8.29. The molecule has 2 rings (SSSR count). The molecule has 1 aromatic carbocycles. The topological polar surface area (TPSA) is 88.4 Å². The number of nitrogens with one attached hydrogen (secondary N) is 2. The molecule has 1 heterocycles. The Balaban J connectivity index is 2.21. The third-order valence-corrected chi connectivity index (χ3v) is 4.99. The molecule has 0 aliphatic rings. The van der Waals surface area contributed by atoms with E-state index in [4.69, 9.17) is 4.42 Å². The first-order valence-corrected chi connectivity index (χ1v) is 8.99. The van der Waals surface area contributed by atoms with Crippen molar-refractivity contribution in [3.63, 3.8) is 0 Å². The fraction of sp³-hybridized carbons (Fsp3) is 0.353. The molecule has 0 spiro atoms. The lowest BCUT2D eigenvalue weighted by molar-refractivity contribution is 0.0991. The van der Waals surface area contributed by atoms with Gasteiger partial charge in [0.1, 0.15) is 0 Å². The van der Waals surface area contributed by atoms with Gasteiger partial charge in [0.2, 0.25) is 5.09 Å². The van der Waals surface area contributed by atoms with E-state index in [-0.39, 0.29) is 10.9 Å². The van der Waals surface area contributed by atoms with Gasteiger partial charge in [-0.2, -0.15) is 0 Å². The molecule has 0 atom stereocenters. The van der Waals surface area contributed by atoms with Crippen molar-refractivity contribution in [1.82, 2.24) is 4.72 Å². The summed E-state index contributed by atoms with van der Waals surface area (Å²) in [4.78, 5) is 12.3. The number of sulfonamides is 1. The molecule has 0 saturated carbocycles. The van der Waals surface area contributed by atoms with Crippen molar-refractivity contribution in [1.29, 1.82) is 0 Å². The minimum absolute atomic E-state index is 0.0646.